The maximum Gasteiger partial charge on any atom is 0.273 e. The third-order valence-corrected chi connectivity index (χ3v) is 4.46. The van der Waals surface area contributed by atoms with Crippen LogP contribution in [0.25, 0.3) is 0 Å². The summed E-state index contributed by atoms with van der Waals surface area (Å²) in [5.41, 5.74) is 0.165. The van der Waals surface area contributed by atoms with E-state index in [9.17, 15) is 18.7 Å². The highest BCUT2D eigenvalue weighted by molar-refractivity contribution is 5.92. The Morgan fingerprint density at radius 1 is 1.46 bits per heavy atom. The van der Waals surface area contributed by atoms with Crippen LogP contribution in [-0.2, 0) is 13.1 Å². The van der Waals surface area contributed by atoms with Crippen molar-refractivity contribution in [2.24, 2.45) is 0 Å². The van der Waals surface area contributed by atoms with Gasteiger partial charge in [0.25, 0.3) is 5.91 Å². The Morgan fingerprint density at radius 3 is 3.04 bits per heavy atom. The summed E-state index contributed by atoms with van der Waals surface area (Å²) in [4.78, 5) is 14.2. The summed E-state index contributed by atoms with van der Waals surface area (Å²) in [6, 6.07) is 4.01. The number of carbonyl (C=O) groups is 1. The van der Waals surface area contributed by atoms with E-state index in [1.54, 1.807) is 0 Å². The van der Waals surface area contributed by atoms with E-state index in [0.29, 0.717) is 24.4 Å². The molecule has 2 N–H and O–H groups in total. The van der Waals surface area contributed by atoms with Crippen LogP contribution in [0, 0.1) is 18.6 Å². The molecule has 6 nitrogen and oxygen atoms in total. The first-order valence-corrected chi connectivity index (χ1v) is 8.51. The Balaban J connectivity index is 1.59. The van der Waals surface area contributed by atoms with Gasteiger partial charge in [0.15, 0.2) is 11.5 Å². The lowest BCUT2D eigenvalue weighted by atomic mass is 10.1. The minimum Gasteiger partial charge on any atom is -0.392 e. The van der Waals surface area contributed by atoms with Gasteiger partial charge in [-0.1, -0.05) is 11.2 Å². The number of carbonyl (C=O) groups excluding carboxylic acids is 1. The van der Waals surface area contributed by atoms with Gasteiger partial charge in [-0.25, -0.2) is 8.78 Å². The maximum absolute atomic E-state index is 14.0. The van der Waals surface area contributed by atoms with Crippen molar-refractivity contribution in [1.82, 2.24) is 15.4 Å². The number of rotatable bonds is 5. The lowest BCUT2D eigenvalue weighted by Crippen LogP contribution is -2.37. The largest absolute Gasteiger partial charge is 0.392 e. The normalized spacial score (nSPS) is 18.1. The van der Waals surface area contributed by atoms with Crippen LogP contribution in [0.15, 0.2) is 22.7 Å². The summed E-state index contributed by atoms with van der Waals surface area (Å²) in [6.07, 6.45) is 1.33. The predicted molar refractivity (Wildman–Crippen MR) is 89.3 cm³/mol. The van der Waals surface area contributed by atoms with Crippen LogP contribution in [0.1, 0.15) is 40.2 Å². The Labute approximate surface area is 149 Å². The SMILES string of the molecule is Cc1ccc(F)c(CNC(=O)c2cc(CN3CCCC(O)C3)on2)c1F. The number of nitrogens with one attached hydrogen (secondary N) is 1. The molecule has 3 rings (SSSR count). The van der Waals surface area contributed by atoms with E-state index in [1.165, 1.54) is 25.1 Å². The highest BCUT2D eigenvalue weighted by Crippen LogP contribution is 2.17. The molecule has 140 valence electrons. The van der Waals surface area contributed by atoms with E-state index in [4.69, 9.17) is 4.52 Å². The van der Waals surface area contributed by atoms with E-state index in [1.807, 2.05) is 4.90 Å². The third-order valence-electron chi connectivity index (χ3n) is 4.46. The fourth-order valence-electron chi connectivity index (χ4n) is 3.03. The number of benzene rings is 1. The van der Waals surface area contributed by atoms with Crippen molar-refractivity contribution >= 4 is 5.91 Å². The number of piperidine rings is 1. The minimum atomic E-state index is -0.710. The van der Waals surface area contributed by atoms with Gasteiger partial charge in [-0.15, -0.1) is 0 Å². The molecular weight excluding hydrogens is 344 g/mol. The standard InChI is InChI=1S/C18H21F2N3O3/c1-11-4-5-15(19)14(17(11)20)8-21-18(25)16-7-13(26-22-16)10-23-6-2-3-12(24)9-23/h4-5,7,12,24H,2-3,6,8-10H2,1H3,(H,21,25). The van der Waals surface area contributed by atoms with Gasteiger partial charge in [-0.05, 0) is 37.9 Å². The van der Waals surface area contributed by atoms with Crippen LogP contribution in [-0.4, -0.2) is 40.3 Å². The molecule has 1 saturated heterocycles. The lowest BCUT2D eigenvalue weighted by Gasteiger charge is -2.28. The van der Waals surface area contributed by atoms with E-state index in [2.05, 4.69) is 10.5 Å². The first kappa shape index (κ1) is 18.5. The zero-order valence-corrected chi connectivity index (χ0v) is 14.5. The third kappa shape index (κ3) is 4.25. The summed E-state index contributed by atoms with van der Waals surface area (Å²) in [5, 5.41) is 15.8. The predicted octanol–water partition coefficient (Wildman–Crippen LogP) is 2.15. The van der Waals surface area contributed by atoms with Crippen LogP contribution in [0.5, 0.6) is 0 Å². The number of halogens is 2. The summed E-state index contributed by atoms with van der Waals surface area (Å²) in [6.45, 7) is 3.08. The molecule has 1 unspecified atom stereocenters. The summed E-state index contributed by atoms with van der Waals surface area (Å²) in [7, 11) is 0. The van der Waals surface area contributed by atoms with Crippen LogP contribution < -0.4 is 5.32 Å². The molecule has 0 aliphatic carbocycles. The molecule has 1 amide bonds. The number of amides is 1. The smallest absolute Gasteiger partial charge is 0.273 e. The monoisotopic (exact) mass is 365 g/mol. The molecule has 1 aromatic carbocycles. The van der Waals surface area contributed by atoms with Gasteiger partial charge in [0.05, 0.1) is 12.6 Å². The fraction of sp³-hybridized carbons (Fsp3) is 0.444. The molecule has 0 radical (unpaired) electrons. The molecule has 1 aliphatic rings. The Kier molecular flexibility index (Phi) is 5.63. The molecular formula is C18H21F2N3O3. The van der Waals surface area contributed by atoms with Crippen molar-refractivity contribution in [3.05, 3.63) is 52.4 Å². The Bertz CT molecular complexity index is 794. The fourth-order valence-corrected chi connectivity index (χ4v) is 3.03. The average Bonchev–Trinajstić information content (AvgIpc) is 3.07. The zero-order valence-electron chi connectivity index (χ0n) is 14.5. The number of hydrogen-bond acceptors (Lipinski definition) is 5. The van der Waals surface area contributed by atoms with E-state index in [0.717, 1.165) is 19.4 Å². The van der Waals surface area contributed by atoms with Gasteiger partial charge >= 0.3 is 0 Å². The molecule has 1 aromatic heterocycles. The topological polar surface area (TPSA) is 78.6 Å². The number of likely N-dealkylation sites (tertiary alicyclic amines) is 1. The zero-order chi connectivity index (χ0) is 18.7. The van der Waals surface area contributed by atoms with E-state index in [-0.39, 0.29) is 23.9 Å². The number of aromatic nitrogens is 1. The molecule has 1 aliphatic heterocycles. The number of β-amino-alcohol motifs (C(OH)–C–C–N with tert-alkyl or cyclic N) is 1. The molecule has 26 heavy (non-hydrogen) atoms. The quantitative estimate of drug-likeness (QED) is 0.849. The summed E-state index contributed by atoms with van der Waals surface area (Å²) in [5.74, 6) is -1.45. The van der Waals surface area contributed by atoms with Crippen LogP contribution >= 0.6 is 0 Å². The van der Waals surface area contributed by atoms with Crippen molar-refractivity contribution in [3.63, 3.8) is 0 Å². The summed E-state index contributed by atoms with van der Waals surface area (Å²) >= 11 is 0. The second kappa shape index (κ2) is 7.92. The average molecular weight is 365 g/mol. The van der Waals surface area contributed by atoms with Crippen molar-refractivity contribution in [3.8, 4) is 0 Å². The van der Waals surface area contributed by atoms with Gasteiger partial charge < -0.3 is 14.9 Å². The highest BCUT2D eigenvalue weighted by atomic mass is 19.1. The van der Waals surface area contributed by atoms with Crippen LogP contribution in [0.4, 0.5) is 8.78 Å². The van der Waals surface area contributed by atoms with E-state index < -0.39 is 17.5 Å². The van der Waals surface area contributed by atoms with Crippen LogP contribution in [0.3, 0.4) is 0 Å². The molecule has 2 aromatic rings. The lowest BCUT2D eigenvalue weighted by molar-refractivity contribution is 0.0622. The molecule has 0 bridgehead atoms. The number of nitrogens with zero attached hydrogens (tertiary/aromatic N) is 2. The van der Waals surface area contributed by atoms with Crippen molar-refractivity contribution in [2.75, 3.05) is 13.1 Å². The van der Waals surface area contributed by atoms with Crippen molar-refractivity contribution in [1.29, 1.82) is 0 Å². The number of aryl methyl sites for hydroxylation is 1. The molecule has 1 fully saturated rings. The first-order valence-electron chi connectivity index (χ1n) is 8.51. The van der Waals surface area contributed by atoms with Gasteiger partial charge in [-0.2, -0.15) is 0 Å². The molecule has 2 heterocycles. The van der Waals surface area contributed by atoms with Crippen molar-refractivity contribution in [2.45, 2.75) is 39.0 Å². The Hall–Kier alpha value is -2.32. The Morgan fingerprint density at radius 2 is 2.27 bits per heavy atom. The van der Waals surface area contributed by atoms with Gasteiger partial charge in [0, 0.05) is 24.7 Å². The number of aliphatic hydroxyl groups excluding tert-OH is 1. The summed E-state index contributed by atoms with van der Waals surface area (Å²) < 4.78 is 32.8. The highest BCUT2D eigenvalue weighted by Gasteiger charge is 2.21. The molecule has 0 spiro atoms. The van der Waals surface area contributed by atoms with Crippen molar-refractivity contribution < 1.29 is 23.2 Å². The second-order valence-corrected chi connectivity index (χ2v) is 6.55. The minimum absolute atomic E-state index is 0.0472. The number of aliphatic hydroxyl groups is 1. The second-order valence-electron chi connectivity index (χ2n) is 6.55. The molecule has 1 atom stereocenters. The van der Waals surface area contributed by atoms with E-state index >= 15 is 0 Å². The van der Waals surface area contributed by atoms with Gasteiger partial charge in [0.2, 0.25) is 0 Å². The van der Waals surface area contributed by atoms with Gasteiger partial charge in [0.1, 0.15) is 11.6 Å². The van der Waals surface area contributed by atoms with Gasteiger partial charge in [-0.3, -0.25) is 9.69 Å². The maximum atomic E-state index is 14.0. The van der Waals surface area contributed by atoms with Crippen LogP contribution in [0.2, 0.25) is 0 Å². The first-order chi connectivity index (χ1) is 12.4. The molecule has 0 saturated carbocycles. The molecule has 8 heteroatoms. The number of hydrogen-bond donors (Lipinski definition) is 2.